The Morgan fingerprint density at radius 2 is 1.86 bits per heavy atom. The quantitative estimate of drug-likeness (QED) is 0.509. The molecule has 3 rings (SSSR count). The summed E-state index contributed by atoms with van der Waals surface area (Å²) in [5.41, 5.74) is 1.68. The van der Waals surface area contributed by atoms with Gasteiger partial charge in [0.2, 0.25) is 5.91 Å². The van der Waals surface area contributed by atoms with E-state index in [0.717, 1.165) is 17.7 Å². The molecule has 2 aromatic carbocycles. The molecule has 1 aromatic heterocycles. The van der Waals surface area contributed by atoms with Crippen molar-refractivity contribution in [2.24, 2.45) is 0 Å². The van der Waals surface area contributed by atoms with E-state index < -0.39 is 11.6 Å². The van der Waals surface area contributed by atoms with Gasteiger partial charge in [0.1, 0.15) is 11.6 Å². The third kappa shape index (κ3) is 5.53. The number of carbonyl (C=O) groups is 1. The molecule has 0 saturated heterocycles. The first kappa shape index (κ1) is 20.3. The van der Waals surface area contributed by atoms with E-state index in [2.05, 4.69) is 4.98 Å². The summed E-state index contributed by atoms with van der Waals surface area (Å²) in [6.07, 6.45) is 1.61. The van der Waals surface area contributed by atoms with Crippen molar-refractivity contribution in [1.29, 1.82) is 0 Å². The first-order chi connectivity index (χ1) is 13.5. The van der Waals surface area contributed by atoms with Crippen molar-refractivity contribution in [3.05, 3.63) is 94.8 Å². The monoisotopic (exact) mass is 418 g/mol. The molecule has 144 valence electrons. The number of nitrogens with zero attached hydrogens (tertiary/aromatic N) is 2. The Hall–Kier alpha value is -2.44. The maximum atomic E-state index is 14.3. The molecule has 1 amide bonds. The van der Waals surface area contributed by atoms with E-state index in [1.54, 1.807) is 36.5 Å². The lowest BCUT2D eigenvalue weighted by atomic mass is 10.2. The van der Waals surface area contributed by atoms with Crippen LogP contribution in [0.15, 0.2) is 66.9 Å². The summed E-state index contributed by atoms with van der Waals surface area (Å²) < 4.78 is 27.6. The molecule has 3 aromatic rings. The fraction of sp³-hybridized carbons (Fsp3) is 0.143. The van der Waals surface area contributed by atoms with Gasteiger partial charge in [-0.25, -0.2) is 8.78 Å². The predicted molar refractivity (Wildman–Crippen MR) is 109 cm³/mol. The first-order valence-corrected chi connectivity index (χ1v) is 10.0. The molecule has 0 fully saturated rings. The van der Waals surface area contributed by atoms with Gasteiger partial charge in [0.15, 0.2) is 0 Å². The van der Waals surface area contributed by atoms with E-state index in [0.29, 0.717) is 16.5 Å². The van der Waals surface area contributed by atoms with Crippen molar-refractivity contribution in [3.63, 3.8) is 0 Å². The largest absolute Gasteiger partial charge is 0.303 e. The number of rotatable bonds is 7. The van der Waals surface area contributed by atoms with Crippen LogP contribution in [0.2, 0.25) is 5.02 Å². The summed E-state index contributed by atoms with van der Waals surface area (Å²) >= 11 is 7.28. The Morgan fingerprint density at radius 1 is 1.07 bits per heavy atom. The van der Waals surface area contributed by atoms with Crippen molar-refractivity contribution in [2.45, 2.75) is 12.3 Å². The standard InChI is InChI=1S/C21H17ClF2N2OS/c22-16-6-4-15(5-7-16)13-28-14-21(27)26(12-18-3-1-2-10-25-18)20-9-8-17(23)11-19(20)24/h1-11H,12-14H2. The van der Waals surface area contributed by atoms with E-state index >= 15 is 0 Å². The Balaban J connectivity index is 1.73. The lowest BCUT2D eigenvalue weighted by Crippen LogP contribution is -2.33. The van der Waals surface area contributed by atoms with Crippen LogP contribution < -0.4 is 4.90 Å². The zero-order valence-electron chi connectivity index (χ0n) is 14.8. The molecule has 3 nitrogen and oxygen atoms in total. The van der Waals surface area contributed by atoms with Crippen molar-refractivity contribution < 1.29 is 13.6 Å². The first-order valence-electron chi connectivity index (χ1n) is 8.50. The second-order valence-corrected chi connectivity index (χ2v) is 7.44. The van der Waals surface area contributed by atoms with Gasteiger partial charge in [0.05, 0.1) is 23.7 Å². The van der Waals surface area contributed by atoms with Gasteiger partial charge >= 0.3 is 0 Å². The molecule has 0 aliphatic heterocycles. The van der Waals surface area contributed by atoms with Crippen molar-refractivity contribution >= 4 is 35.0 Å². The minimum absolute atomic E-state index is 0.0316. The summed E-state index contributed by atoms with van der Waals surface area (Å²) in [7, 11) is 0. The van der Waals surface area contributed by atoms with Crippen LogP contribution in [-0.2, 0) is 17.1 Å². The van der Waals surface area contributed by atoms with Gasteiger partial charge in [-0.05, 0) is 42.0 Å². The Kier molecular flexibility index (Phi) is 7.01. The number of pyridine rings is 1. The SMILES string of the molecule is O=C(CSCc1ccc(Cl)cc1)N(Cc1ccccn1)c1ccc(F)cc1F. The smallest absolute Gasteiger partial charge is 0.237 e. The number of benzene rings is 2. The van der Waals surface area contributed by atoms with E-state index in [1.807, 2.05) is 12.1 Å². The fourth-order valence-corrected chi connectivity index (χ4v) is 3.56. The molecule has 0 unspecified atom stereocenters. The van der Waals surface area contributed by atoms with Gasteiger partial charge < -0.3 is 4.90 Å². The Labute approximate surface area is 171 Å². The number of thioether (sulfide) groups is 1. The Morgan fingerprint density at radius 3 is 2.54 bits per heavy atom. The van der Waals surface area contributed by atoms with Crippen molar-refractivity contribution in [2.75, 3.05) is 10.7 Å². The molecule has 0 aliphatic carbocycles. The maximum absolute atomic E-state index is 14.3. The van der Waals surface area contributed by atoms with Crippen LogP contribution >= 0.6 is 23.4 Å². The summed E-state index contributed by atoms with van der Waals surface area (Å²) in [6.45, 7) is 0.101. The fourth-order valence-electron chi connectivity index (χ4n) is 2.58. The highest BCUT2D eigenvalue weighted by molar-refractivity contribution is 7.99. The molecular weight excluding hydrogens is 402 g/mol. The second-order valence-electron chi connectivity index (χ2n) is 6.02. The summed E-state index contributed by atoms with van der Waals surface area (Å²) in [4.78, 5) is 18.3. The second kappa shape index (κ2) is 9.66. The minimum atomic E-state index is -0.785. The minimum Gasteiger partial charge on any atom is -0.303 e. The average Bonchev–Trinajstić information content (AvgIpc) is 2.69. The number of halogens is 3. The molecule has 0 atom stereocenters. The zero-order chi connectivity index (χ0) is 19.9. The summed E-state index contributed by atoms with van der Waals surface area (Å²) in [6, 6.07) is 15.9. The van der Waals surface area contributed by atoms with E-state index in [4.69, 9.17) is 11.6 Å². The normalized spacial score (nSPS) is 10.7. The topological polar surface area (TPSA) is 33.2 Å². The highest BCUT2D eigenvalue weighted by atomic mass is 35.5. The van der Waals surface area contributed by atoms with Gasteiger partial charge in [0.25, 0.3) is 0 Å². The Bertz CT molecular complexity index is 939. The number of anilines is 1. The maximum Gasteiger partial charge on any atom is 0.237 e. The lowest BCUT2D eigenvalue weighted by Gasteiger charge is -2.23. The van der Waals surface area contributed by atoms with Crippen LogP contribution in [0.1, 0.15) is 11.3 Å². The average molecular weight is 419 g/mol. The highest BCUT2D eigenvalue weighted by Gasteiger charge is 2.20. The van der Waals surface area contributed by atoms with Crippen LogP contribution in [0, 0.1) is 11.6 Å². The van der Waals surface area contributed by atoms with Crippen molar-refractivity contribution in [3.8, 4) is 0 Å². The van der Waals surface area contributed by atoms with Crippen LogP contribution in [0.4, 0.5) is 14.5 Å². The zero-order valence-corrected chi connectivity index (χ0v) is 16.4. The molecule has 0 saturated carbocycles. The van der Waals surface area contributed by atoms with E-state index in [9.17, 15) is 13.6 Å². The van der Waals surface area contributed by atoms with E-state index in [-0.39, 0.29) is 23.9 Å². The van der Waals surface area contributed by atoms with Crippen LogP contribution in [0.3, 0.4) is 0 Å². The molecule has 28 heavy (non-hydrogen) atoms. The van der Waals surface area contributed by atoms with Crippen LogP contribution in [0.25, 0.3) is 0 Å². The third-order valence-corrected chi connectivity index (χ3v) is 5.20. The predicted octanol–water partition coefficient (Wildman–Crippen LogP) is 5.48. The molecule has 0 spiro atoms. The van der Waals surface area contributed by atoms with E-state index in [1.165, 1.54) is 22.7 Å². The molecule has 1 heterocycles. The molecule has 0 N–H and O–H groups in total. The third-order valence-electron chi connectivity index (χ3n) is 3.96. The summed E-state index contributed by atoms with van der Waals surface area (Å²) in [5.74, 6) is -0.996. The van der Waals surface area contributed by atoms with Gasteiger partial charge in [-0.15, -0.1) is 11.8 Å². The number of carbonyl (C=O) groups excluding carboxylic acids is 1. The highest BCUT2D eigenvalue weighted by Crippen LogP contribution is 2.24. The lowest BCUT2D eigenvalue weighted by molar-refractivity contribution is -0.116. The summed E-state index contributed by atoms with van der Waals surface area (Å²) in [5, 5.41) is 0.651. The van der Waals surface area contributed by atoms with Crippen molar-refractivity contribution in [1.82, 2.24) is 4.98 Å². The number of amides is 1. The van der Waals surface area contributed by atoms with Gasteiger partial charge in [0, 0.05) is 23.0 Å². The molecule has 0 radical (unpaired) electrons. The molecule has 0 bridgehead atoms. The number of aromatic nitrogens is 1. The molecule has 0 aliphatic rings. The van der Waals surface area contributed by atoms with Crippen LogP contribution in [-0.4, -0.2) is 16.6 Å². The molecular formula is C21H17ClF2N2OS. The van der Waals surface area contributed by atoms with Gasteiger partial charge in [-0.1, -0.05) is 29.8 Å². The van der Waals surface area contributed by atoms with Crippen LogP contribution in [0.5, 0.6) is 0 Å². The van der Waals surface area contributed by atoms with Gasteiger partial charge in [-0.3, -0.25) is 9.78 Å². The number of hydrogen-bond donors (Lipinski definition) is 0. The molecule has 7 heteroatoms. The van der Waals surface area contributed by atoms with Gasteiger partial charge in [-0.2, -0.15) is 0 Å². The number of hydrogen-bond acceptors (Lipinski definition) is 3.